The SMILES string of the molecule is Cc1nc(NN)ccc1C#N.Cl. The number of nitrogens with two attached hydrogens (primary N) is 1. The number of hydrogen-bond acceptors (Lipinski definition) is 4. The molecule has 0 radical (unpaired) electrons. The van der Waals surface area contributed by atoms with Crippen molar-refractivity contribution in [1.82, 2.24) is 4.98 Å². The summed E-state index contributed by atoms with van der Waals surface area (Å²) >= 11 is 0. The van der Waals surface area contributed by atoms with Crippen LogP contribution in [-0.4, -0.2) is 4.98 Å². The highest BCUT2D eigenvalue weighted by Crippen LogP contribution is 2.07. The van der Waals surface area contributed by atoms with Crippen molar-refractivity contribution in [3.63, 3.8) is 0 Å². The van der Waals surface area contributed by atoms with Crippen LogP contribution in [-0.2, 0) is 0 Å². The van der Waals surface area contributed by atoms with Gasteiger partial charge in [-0.05, 0) is 19.1 Å². The number of rotatable bonds is 1. The van der Waals surface area contributed by atoms with Gasteiger partial charge in [0, 0.05) is 0 Å². The number of nitrogen functional groups attached to an aromatic ring is 1. The molecule has 5 heteroatoms. The van der Waals surface area contributed by atoms with E-state index < -0.39 is 0 Å². The monoisotopic (exact) mass is 184 g/mol. The molecule has 1 heterocycles. The maximum absolute atomic E-state index is 8.54. The molecule has 12 heavy (non-hydrogen) atoms. The Bertz CT molecular complexity index is 305. The Kier molecular flexibility index (Phi) is 4.05. The molecule has 0 fully saturated rings. The molecule has 0 unspecified atom stereocenters. The summed E-state index contributed by atoms with van der Waals surface area (Å²) in [5, 5.41) is 8.54. The van der Waals surface area contributed by atoms with E-state index in [1.807, 2.05) is 6.07 Å². The van der Waals surface area contributed by atoms with Crippen LogP contribution in [0.5, 0.6) is 0 Å². The van der Waals surface area contributed by atoms with E-state index in [2.05, 4.69) is 10.4 Å². The largest absolute Gasteiger partial charge is 0.308 e. The topological polar surface area (TPSA) is 74.7 Å². The third-order valence-electron chi connectivity index (χ3n) is 1.35. The molecule has 1 aromatic heterocycles. The normalized spacial score (nSPS) is 8.08. The van der Waals surface area contributed by atoms with E-state index in [4.69, 9.17) is 11.1 Å². The minimum atomic E-state index is 0. The van der Waals surface area contributed by atoms with Crippen LogP contribution in [0, 0.1) is 18.3 Å². The summed E-state index contributed by atoms with van der Waals surface area (Å²) in [5.41, 5.74) is 3.66. The van der Waals surface area contributed by atoms with Crippen LogP contribution in [0.1, 0.15) is 11.3 Å². The highest BCUT2D eigenvalue weighted by atomic mass is 35.5. The first-order valence-electron chi connectivity index (χ1n) is 3.12. The lowest BCUT2D eigenvalue weighted by atomic mass is 10.2. The Morgan fingerprint density at radius 3 is 2.67 bits per heavy atom. The van der Waals surface area contributed by atoms with Crippen molar-refractivity contribution < 1.29 is 0 Å². The average molecular weight is 185 g/mol. The number of anilines is 1. The summed E-state index contributed by atoms with van der Waals surface area (Å²) in [6, 6.07) is 5.35. The molecule has 0 aliphatic heterocycles. The fourth-order valence-electron chi connectivity index (χ4n) is 0.760. The van der Waals surface area contributed by atoms with Crippen molar-refractivity contribution in [3.8, 4) is 6.07 Å². The summed E-state index contributed by atoms with van der Waals surface area (Å²) in [6.45, 7) is 1.76. The molecular formula is C7H9ClN4. The van der Waals surface area contributed by atoms with Crippen LogP contribution in [0.4, 0.5) is 5.82 Å². The van der Waals surface area contributed by atoms with Crippen molar-refractivity contribution in [1.29, 1.82) is 5.26 Å². The summed E-state index contributed by atoms with van der Waals surface area (Å²) in [7, 11) is 0. The van der Waals surface area contributed by atoms with Gasteiger partial charge in [-0.25, -0.2) is 10.8 Å². The predicted octanol–water partition coefficient (Wildman–Crippen LogP) is 0.969. The Morgan fingerprint density at radius 2 is 2.25 bits per heavy atom. The quantitative estimate of drug-likeness (QED) is 0.504. The van der Waals surface area contributed by atoms with Gasteiger partial charge < -0.3 is 5.43 Å². The van der Waals surface area contributed by atoms with Gasteiger partial charge in [0.15, 0.2) is 0 Å². The van der Waals surface area contributed by atoms with Gasteiger partial charge in [-0.15, -0.1) is 12.4 Å². The van der Waals surface area contributed by atoms with Crippen LogP contribution in [0.2, 0.25) is 0 Å². The Hall–Kier alpha value is -1.31. The number of nitrogens with one attached hydrogen (secondary N) is 1. The van der Waals surface area contributed by atoms with Gasteiger partial charge in [-0.2, -0.15) is 5.26 Å². The highest BCUT2D eigenvalue weighted by Gasteiger charge is 1.97. The lowest BCUT2D eigenvalue weighted by Gasteiger charge is -2.00. The van der Waals surface area contributed by atoms with Crippen LogP contribution >= 0.6 is 12.4 Å². The standard InChI is InChI=1S/C7H8N4.ClH/c1-5-6(4-8)2-3-7(10-5)11-9;/h2-3H,9H2,1H3,(H,10,11);1H. The molecule has 1 aromatic rings. The van der Waals surface area contributed by atoms with Crippen molar-refractivity contribution in [2.75, 3.05) is 5.43 Å². The lowest BCUT2D eigenvalue weighted by Crippen LogP contribution is -2.09. The minimum absolute atomic E-state index is 0. The van der Waals surface area contributed by atoms with Gasteiger partial charge in [0.05, 0.1) is 11.3 Å². The van der Waals surface area contributed by atoms with E-state index in [1.54, 1.807) is 19.1 Å². The molecule has 0 atom stereocenters. The molecule has 0 saturated carbocycles. The highest BCUT2D eigenvalue weighted by molar-refractivity contribution is 5.85. The first-order chi connectivity index (χ1) is 5.27. The fraction of sp³-hybridized carbons (Fsp3) is 0.143. The Labute approximate surface area is 76.8 Å². The van der Waals surface area contributed by atoms with E-state index in [1.165, 1.54) is 0 Å². The zero-order valence-electron chi connectivity index (χ0n) is 6.53. The predicted molar refractivity (Wildman–Crippen MR) is 48.7 cm³/mol. The molecular weight excluding hydrogens is 176 g/mol. The van der Waals surface area contributed by atoms with E-state index in [0.717, 1.165) is 0 Å². The number of hydrazine groups is 1. The second-order valence-electron chi connectivity index (χ2n) is 2.09. The zero-order valence-corrected chi connectivity index (χ0v) is 7.35. The molecule has 0 aliphatic rings. The first kappa shape index (κ1) is 10.7. The summed E-state index contributed by atoms with van der Waals surface area (Å²) in [6.07, 6.45) is 0. The Balaban J connectivity index is 0.00000121. The molecule has 3 N–H and O–H groups in total. The third kappa shape index (κ3) is 2.09. The molecule has 1 rings (SSSR count). The van der Waals surface area contributed by atoms with Gasteiger partial charge >= 0.3 is 0 Å². The van der Waals surface area contributed by atoms with Crippen LogP contribution in [0.25, 0.3) is 0 Å². The van der Waals surface area contributed by atoms with Crippen molar-refractivity contribution >= 4 is 18.2 Å². The summed E-state index contributed by atoms with van der Waals surface area (Å²) in [4.78, 5) is 4.00. The van der Waals surface area contributed by atoms with E-state index in [0.29, 0.717) is 17.1 Å². The number of aryl methyl sites for hydroxylation is 1. The van der Waals surface area contributed by atoms with Crippen molar-refractivity contribution in [2.45, 2.75) is 6.92 Å². The van der Waals surface area contributed by atoms with Crippen LogP contribution in [0.15, 0.2) is 12.1 Å². The smallest absolute Gasteiger partial charge is 0.140 e. The number of nitriles is 1. The van der Waals surface area contributed by atoms with Crippen molar-refractivity contribution in [2.24, 2.45) is 5.84 Å². The van der Waals surface area contributed by atoms with E-state index in [9.17, 15) is 0 Å². The number of pyridine rings is 1. The van der Waals surface area contributed by atoms with E-state index in [-0.39, 0.29) is 12.4 Å². The fourth-order valence-corrected chi connectivity index (χ4v) is 0.760. The average Bonchev–Trinajstić information content (AvgIpc) is 2.04. The lowest BCUT2D eigenvalue weighted by molar-refractivity contribution is 1.15. The van der Waals surface area contributed by atoms with Gasteiger partial charge in [0.2, 0.25) is 0 Å². The van der Waals surface area contributed by atoms with Crippen molar-refractivity contribution in [3.05, 3.63) is 23.4 Å². The van der Waals surface area contributed by atoms with E-state index >= 15 is 0 Å². The molecule has 0 aliphatic carbocycles. The zero-order chi connectivity index (χ0) is 8.27. The molecule has 4 nitrogen and oxygen atoms in total. The van der Waals surface area contributed by atoms with Gasteiger partial charge in [-0.3, -0.25) is 0 Å². The van der Waals surface area contributed by atoms with Gasteiger partial charge in [0.25, 0.3) is 0 Å². The minimum Gasteiger partial charge on any atom is -0.308 e. The second kappa shape index (κ2) is 4.54. The van der Waals surface area contributed by atoms with Gasteiger partial charge in [0.1, 0.15) is 11.9 Å². The molecule has 0 aromatic carbocycles. The molecule has 0 bridgehead atoms. The second-order valence-corrected chi connectivity index (χ2v) is 2.09. The number of halogens is 1. The van der Waals surface area contributed by atoms with Crippen LogP contribution < -0.4 is 11.3 Å². The molecule has 0 amide bonds. The van der Waals surface area contributed by atoms with Gasteiger partial charge in [-0.1, -0.05) is 0 Å². The molecule has 64 valence electrons. The summed E-state index contributed by atoms with van der Waals surface area (Å²) < 4.78 is 0. The summed E-state index contributed by atoms with van der Waals surface area (Å²) in [5.74, 6) is 5.69. The number of aromatic nitrogens is 1. The third-order valence-corrected chi connectivity index (χ3v) is 1.35. The number of hydrogen-bond donors (Lipinski definition) is 2. The molecule has 0 saturated heterocycles. The Morgan fingerprint density at radius 1 is 1.58 bits per heavy atom. The van der Waals surface area contributed by atoms with Crippen LogP contribution in [0.3, 0.4) is 0 Å². The first-order valence-corrected chi connectivity index (χ1v) is 3.12. The molecule has 0 spiro atoms. The number of nitrogens with zero attached hydrogens (tertiary/aromatic N) is 2. The maximum Gasteiger partial charge on any atom is 0.140 e. The maximum atomic E-state index is 8.54.